The highest BCUT2D eigenvalue weighted by Crippen LogP contribution is 2.15. The van der Waals surface area contributed by atoms with Crippen LogP contribution in [0.2, 0.25) is 0 Å². The summed E-state index contributed by atoms with van der Waals surface area (Å²) in [6.45, 7) is 10.1. The second-order valence-electron chi connectivity index (χ2n) is 10.9. The standard InChI is InChI=1S/C27H42N2O8/c1-26(2,3)36-23(33)16-15-21(25(35)37-27(4,5)6)29-24(34)18-11-13-19(14-12-18)28-22(32)10-8-7-9-20(31)17-30/h11-14,20-21,30-31H,7-10,15-17H2,1-6H3,(H,28,32)(H,29,34)/t20?,21-/m0/s1. The zero-order valence-corrected chi connectivity index (χ0v) is 22.8. The lowest BCUT2D eigenvalue weighted by Gasteiger charge is -2.25. The van der Waals surface area contributed by atoms with Crippen LogP contribution in [0.5, 0.6) is 0 Å². The van der Waals surface area contributed by atoms with E-state index in [0.29, 0.717) is 24.9 Å². The first-order valence-corrected chi connectivity index (χ1v) is 12.5. The Hall–Kier alpha value is -2.98. The zero-order valence-electron chi connectivity index (χ0n) is 22.8. The van der Waals surface area contributed by atoms with E-state index in [2.05, 4.69) is 10.6 Å². The van der Waals surface area contributed by atoms with Crippen LogP contribution in [-0.2, 0) is 23.9 Å². The first-order valence-electron chi connectivity index (χ1n) is 12.5. The predicted molar refractivity (Wildman–Crippen MR) is 139 cm³/mol. The van der Waals surface area contributed by atoms with E-state index in [-0.39, 0.29) is 37.3 Å². The van der Waals surface area contributed by atoms with Crippen molar-refractivity contribution in [2.24, 2.45) is 0 Å². The maximum atomic E-state index is 12.8. The average molecular weight is 523 g/mol. The summed E-state index contributed by atoms with van der Waals surface area (Å²) in [6.07, 6.45) is 1.03. The third-order valence-corrected chi connectivity index (χ3v) is 4.89. The molecule has 0 saturated carbocycles. The van der Waals surface area contributed by atoms with Crippen LogP contribution in [0.4, 0.5) is 5.69 Å². The van der Waals surface area contributed by atoms with Crippen LogP contribution in [0, 0.1) is 0 Å². The van der Waals surface area contributed by atoms with Crippen LogP contribution in [0.15, 0.2) is 24.3 Å². The number of anilines is 1. The summed E-state index contributed by atoms with van der Waals surface area (Å²) >= 11 is 0. The van der Waals surface area contributed by atoms with E-state index >= 15 is 0 Å². The summed E-state index contributed by atoms with van der Waals surface area (Å²) in [5, 5.41) is 23.5. The largest absolute Gasteiger partial charge is 0.460 e. The third-order valence-electron chi connectivity index (χ3n) is 4.89. The molecule has 1 aromatic carbocycles. The van der Waals surface area contributed by atoms with Gasteiger partial charge in [0.2, 0.25) is 5.91 Å². The topological polar surface area (TPSA) is 151 Å². The SMILES string of the molecule is CC(C)(C)OC(=O)CC[C@H](NC(=O)c1ccc(NC(=O)CCCCC(O)CO)cc1)C(=O)OC(C)(C)C. The lowest BCUT2D eigenvalue weighted by atomic mass is 10.1. The van der Waals surface area contributed by atoms with Gasteiger partial charge >= 0.3 is 11.9 Å². The summed E-state index contributed by atoms with van der Waals surface area (Å²) in [6, 6.07) is 5.13. The fourth-order valence-electron chi connectivity index (χ4n) is 3.20. The fourth-order valence-corrected chi connectivity index (χ4v) is 3.20. The van der Waals surface area contributed by atoms with Crippen molar-refractivity contribution in [2.75, 3.05) is 11.9 Å². The number of rotatable bonds is 13. The van der Waals surface area contributed by atoms with Crippen molar-refractivity contribution in [2.45, 2.75) is 103 Å². The third kappa shape index (κ3) is 14.4. The van der Waals surface area contributed by atoms with Crippen LogP contribution in [-0.4, -0.2) is 63.9 Å². The molecule has 2 atom stereocenters. The number of aliphatic hydroxyl groups excluding tert-OH is 2. The molecular weight excluding hydrogens is 480 g/mol. The molecule has 0 radical (unpaired) electrons. The lowest BCUT2D eigenvalue weighted by molar-refractivity contribution is -0.158. The molecule has 2 amide bonds. The molecule has 0 spiro atoms. The summed E-state index contributed by atoms with van der Waals surface area (Å²) in [5.41, 5.74) is -0.668. The summed E-state index contributed by atoms with van der Waals surface area (Å²) in [7, 11) is 0. The minimum atomic E-state index is -1.05. The van der Waals surface area contributed by atoms with E-state index in [1.807, 2.05) is 0 Å². The van der Waals surface area contributed by atoms with Gasteiger partial charge < -0.3 is 30.3 Å². The van der Waals surface area contributed by atoms with Gasteiger partial charge in [-0.05, 0) is 85.1 Å². The number of hydrogen-bond donors (Lipinski definition) is 4. The number of benzene rings is 1. The Morgan fingerprint density at radius 1 is 0.865 bits per heavy atom. The van der Waals surface area contributed by atoms with Gasteiger partial charge in [0.05, 0.1) is 12.7 Å². The normalized spacial score (nSPS) is 13.3. The quantitative estimate of drug-likeness (QED) is 0.228. The second kappa shape index (κ2) is 14.7. The number of esters is 2. The van der Waals surface area contributed by atoms with E-state index in [1.54, 1.807) is 53.7 Å². The van der Waals surface area contributed by atoms with Crippen molar-refractivity contribution in [3.05, 3.63) is 29.8 Å². The number of unbranched alkanes of at least 4 members (excludes halogenated alkanes) is 1. The smallest absolute Gasteiger partial charge is 0.329 e. The number of nitrogens with one attached hydrogen (secondary N) is 2. The minimum absolute atomic E-state index is 0.0129. The maximum absolute atomic E-state index is 12.8. The molecular formula is C27H42N2O8. The maximum Gasteiger partial charge on any atom is 0.329 e. The Labute approximate surface area is 219 Å². The zero-order chi connectivity index (χ0) is 28.2. The van der Waals surface area contributed by atoms with E-state index in [4.69, 9.17) is 14.6 Å². The Balaban J connectivity index is 2.73. The molecule has 0 heterocycles. The highest BCUT2D eigenvalue weighted by Gasteiger charge is 2.28. The molecule has 0 saturated heterocycles. The molecule has 0 aliphatic rings. The first kappa shape index (κ1) is 32.0. The van der Waals surface area contributed by atoms with Gasteiger partial charge in [-0.25, -0.2) is 4.79 Å². The Kier molecular flexibility index (Phi) is 12.7. The molecule has 10 heteroatoms. The van der Waals surface area contributed by atoms with Gasteiger partial charge in [0.25, 0.3) is 5.91 Å². The molecule has 0 bridgehead atoms. The van der Waals surface area contributed by atoms with Gasteiger partial charge in [0.15, 0.2) is 0 Å². The predicted octanol–water partition coefficient (Wildman–Crippen LogP) is 3.10. The molecule has 1 unspecified atom stereocenters. The highest BCUT2D eigenvalue weighted by molar-refractivity contribution is 5.98. The van der Waals surface area contributed by atoms with Crippen LogP contribution in [0.1, 0.15) is 90.4 Å². The van der Waals surface area contributed by atoms with Crippen LogP contribution < -0.4 is 10.6 Å². The first-order chi connectivity index (χ1) is 17.1. The van der Waals surface area contributed by atoms with Gasteiger partial charge in [0, 0.05) is 24.1 Å². The Morgan fingerprint density at radius 2 is 1.46 bits per heavy atom. The Morgan fingerprint density at radius 3 is 2.00 bits per heavy atom. The summed E-state index contributed by atoms with van der Waals surface area (Å²) < 4.78 is 10.7. The van der Waals surface area contributed by atoms with Crippen molar-refractivity contribution in [3.63, 3.8) is 0 Å². The van der Waals surface area contributed by atoms with E-state index < -0.39 is 41.2 Å². The molecule has 0 aliphatic heterocycles. The van der Waals surface area contributed by atoms with Gasteiger partial charge in [0.1, 0.15) is 17.2 Å². The van der Waals surface area contributed by atoms with Crippen LogP contribution in [0.25, 0.3) is 0 Å². The van der Waals surface area contributed by atoms with Gasteiger partial charge in [-0.2, -0.15) is 0 Å². The van der Waals surface area contributed by atoms with E-state index in [0.717, 1.165) is 0 Å². The van der Waals surface area contributed by atoms with Crippen molar-refractivity contribution < 1.29 is 38.9 Å². The molecule has 0 aromatic heterocycles. The van der Waals surface area contributed by atoms with E-state index in [9.17, 15) is 24.3 Å². The monoisotopic (exact) mass is 522 g/mol. The fraction of sp³-hybridized carbons (Fsp3) is 0.630. The van der Waals surface area contributed by atoms with Crippen molar-refractivity contribution in [3.8, 4) is 0 Å². The number of aliphatic hydroxyl groups is 2. The average Bonchev–Trinajstić information content (AvgIpc) is 2.77. The molecule has 0 aliphatic carbocycles. The molecule has 208 valence electrons. The molecule has 0 fully saturated rings. The van der Waals surface area contributed by atoms with Crippen molar-refractivity contribution in [1.82, 2.24) is 5.32 Å². The summed E-state index contributed by atoms with van der Waals surface area (Å²) in [4.78, 5) is 49.8. The second-order valence-corrected chi connectivity index (χ2v) is 10.9. The molecule has 1 rings (SSSR count). The molecule has 10 nitrogen and oxygen atoms in total. The summed E-state index contributed by atoms with van der Waals surface area (Å²) in [5.74, 6) is -1.87. The number of ether oxygens (including phenoxy) is 2. The van der Waals surface area contributed by atoms with Gasteiger partial charge in [-0.3, -0.25) is 14.4 Å². The van der Waals surface area contributed by atoms with Crippen LogP contribution in [0.3, 0.4) is 0 Å². The number of carbonyl (C=O) groups is 4. The number of hydrogen-bond acceptors (Lipinski definition) is 8. The minimum Gasteiger partial charge on any atom is -0.460 e. The van der Waals surface area contributed by atoms with Gasteiger partial charge in [-0.1, -0.05) is 6.42 Å². The van der Waals surface area contributed by atoms with Crippen LogP contribution >= 0.6 is 0 Å². The molecule has 37 heavy (non-hydrogen) atoms. The molecule has 4 N–H and O–H groups in total. The number of amides is 2. The number of carbonyl (C=O) groups excluding carboxylic acids is 4. The highest BCUT2D eigenvalue weighted by atomic mass is 16.6. The van der Waals surface area contributed by atoms with Crippen molar-refractivity contribution >= 4 is 29.4 Å². The Bertz CT molecular complexity index is 900. The molecule has 1 aromatic rings. The van der Waals surface area contributed by atoms with Gasteiger partial charge in [-0.15, -0.1) is 0 Å². The lowest BCUT2D eigenvalue weighted by Crippen LogP contribution is -2.44. The van der Waals surface area contributed by atoms with E-state index in [1.165, 1.54) is 12.1 Å². The van der Waals surface area contributed by atoms with Crippen molar-refractivity contribution in [1.29, 1.82) is 0 Å².